The Bertz CT molecular complexity index is 1660. The van der Waals surface area contributed by atoms with E-state index in [0.717, 1.165) is 29.7 Å². The number of nitrogens with one attached hydrogen (secondary N) is 3. The van der Waals surface area contributed by atoms with Crippen LogP contribution in [0.1, 0.15) is 125 Å². The number of carbonyl (C=O) groups excluding carboxylic acids is 7. The van der Waals surface area contributed by atoms with Crippen LogP contribution in [-0.4, -0.2) is 120 Å². The summed E-state index contributed by atoms with van der Waals surface area (Å²) < 4.78 is 5.70. The molecule has 15 nitrogen and oxygen atoms in total. The summed E-state index contributed by atoms with van der Waals surface area (Å²) >= 11 is 0. The number of cyclic esters (lactones) is 1. The number of likely N-dealkylation sites (N-methyl/N-ethyl adjacent to an activating group) is 3. The number of rotatable bonds is 15. The fraction of sp³-hybridized carbons (Fsp3) is 0.696. The van der Waals surface area contributed by atoms with Crippen molar-refractivity contribution >= 4 is 41.4 Å². The van der Waals surface area contributed by atoms with Crippen molar-refractivity contribution < 1.29 is 38.3 Å². The average Bonchev–Trinajstić information content (AvgIpc) is 3.22. The van der Waals surface area contributed by atoms with Crippen LogP contribution in [0.3, 0.4) is 0 Å². The molecule has 3 N–H and O–H groups in total. The lowest BCUT2D eigenvalue weighted by Crippen LogP contribution is -2.60. The summed E-state index contributed by atoms with van der Waals surface area (Å²) in [6.45, 7) is 15.0. The van der Waals surface area contributed by atoms with E-state index < -0.39 is 83.8 Å². The van der Waals surface area contributed by atoms with Gasteiger partial charge in [-0.15, -0.1) is 0 Å². The molecule has 340 valence electrons. The van der Waals surface area contributed by atoms with E-state index in [-0.39, 0.29) is 62.7 Å². The molecule has 2 rings (SSSR count). The number of unbranched alkanes of at least 4 members (excludes halogenated alkanes) is 1. The molecule has 0 bridgehead atoms. The fourth-order valence-electron chi connectivity index (χ4n) is 7.43. The highest BCUT2D eigenvalue weighted by atomic mass is 16.5. The van der Waals surface area contributed by atoms with Gasteiger partial charge in [-0.3, -0.25) is 28.8 Å². The minimum Gasteiger partial charge on any atom is -0.451 e. The topological polar surface area (TPSA) is 198 Å². The van der Waals surface area contributed by atoms with Crippen molar-refractivity contribution in [2.24, 2.45) is 17.8 Å². The van der Waals surface area contributed by atoms with Gasteiger partial charge in [-0.1, -0.05) is 98.1 Å². The molecule has 1 aromatic rings. The Balaban J connectivity index is 2.84. The Kier molecular flexibility index (Phi) is 22.0. The number of benzene rings is 1. The van der Waals surface area contributed by atoms with E-state index in [4.69, 9.17) is 4.74 Å². The molecule has 1 aromatic carbocycles. The third-order valence-corrected chi connectivity index (χ3v) is 11.5. The molecule has 1 fully saturated rings. The summed E-state index contributed by atoms with van der Waals surface area (Å²) in [6, 6.07) is 4.43. The van der Waals surface area contributed by atoms with Crippen molar-refractivity contribution in [3.63, 3.8) is 0 Å². The van der Waals surface area contributed by atoms with Crippen LogP contribution in [0.5, 0.6) is 0 Å². The quantitative estimate of drug-likeness (QED) is 0.213. The highest BCUT2D eigenvalue weighted by Gasteiger charge is 2.40. The molecule has 1 aliphatic rings. The van der Waals surface area contributed by atoms with Gasteiger partial charge < -0.3 is 35.4 Å². The summed E-state index contributed by atoms with van der Waals surface area (Å²) in [6.07, 6.45) is 2.32. The normalized spacial score (nSPS) is 25.1. The molecule has 8 atom stereocenters. The molecule has 0 radical (unpaired) electrons. The summed E-state index contributed by atoms with van der Waals surface area (Å²) in [5.74, 6) is -4.47. The standard InChI is InChI=1S/C46H73N7O8/c1-12-14-19-31(7)27-36-45(59)52(10)37(24-23-29(3)4)40(54)49-35(26-30(5)6)44(58)53(11)38(28-33-20-16-15-17-21-33)41(55)48-34(13-2)43(57)51(9)32(8)46(60)61-39(22-18-25-47)42(56)50-36/h15-17,20-21,29-32,34-39H,12-14,18-19,22-24,26-28H2,1-11H3,(H,48,55)(H,49,54)(H,50,56)/t31-,32+,34+,35+,36+,37+,38+,39-/m1/s1. The molecule has 1 heterocycles. The smallest absolute Gasteiger partial charge is 0.329 e. The van der Waals surface area contributed by atoms with Crippen molar-refractivity contribution in [2.75, 3.05) is 21.1 Å². The molecule has 61 heavy (non-hydrogen) atoms. The number of ether oxygens (including phenoxy) is 1. The van der Waals surface area contributed by atoms with Gasteiger partial charge in [-0.2, -0.15) is 5.26 Å². The predicted octanol–water partition coefficient (Wildman–Crippen LogP) is 4.52. The highest BCUT2D eigenvalue weighted by Crippen LogP contribution is 2.21. The summed E-state index contributed by atoms with van der Waals surface area (Å²) in [4.78, 5) is 104. The summed E-state index contributed by atoms with van der Waals surface area (Å²) in [5, 5.41) is 18.0. The zero-order valence-electron chi connectivity index (χ0n) is 38.5. The lowest BCUT2D eigenvalue weighted by Gasteiger charge is -2.35. The van der Waals surface area contributed by atoms with Crippen LogP contribution in [0, 0.1) is 29.1 Å². The third kappa shape index (κ3) is 16.1. The van der Waals surface area contributed by atoms with Gasteiger partial charge >= 0.3 is 5.97 Å². The largest absolute Gasteiger partial charge is 0.451 e. The van der Waals surface area contributed by atoms with E-state index in [1.54, 1.807) is 6.92 Å². The molecule has 1 saturated heterocycles. The number of carbonyl (C=O) groups is 7. The Hall–Kier alpha value is -5.00. The van der Waals surface area contributed by atoms with Gasteiger partial charge in [0.2, 0.25) is 29.5 Å². The zero-order chi connectivity index (χ0) is 46.0. The van der Waals surface area contributed by atoms with Gasteiger partial charge in [0.25, 0.3) is 5.91 Å². The lowest BCUT2D eigenvalue weighted by atomic mass is 9.94. The maximum atomic E-state index is 14.6. The van der Waals surface area contributed by atoms with E-state index in [9.17, 15) is 38.8 Å². The second-order valence-electron chi connectivity index (χ2n) is 17.5. The lowest BCUT2D eigenvalue weighted by molar-refractivity contribution is -0.163. The van der Waals surface area contributed by atoms with Crippen molar-refractivity contribution in [2.45, 2.75) is 168 Å². The maximum Gasteiger partial charge on any atom is 0.329 e. The number of nitrogens with zero attached hydrogens (tertiary/aromatic N) is 4. The molecular formula is C46H73N7O8. The van der Waals surface area contributed by atoms with Crippen LogP contribution in [0.2, 0.25) is 0 Å². The van der Waals surface area contributed by atoms with E-state index in [1.807, 2.05) is 71.0 Å². The van der Waals surface area contributed by atoms with Gasteiger partial charge in [0.15, 0.2) is 6.10 Å². The van der Waals surface area contributed by atoms with E-state index in [2.05, 4.69) is 22.9 Å². The van der Waals surface area contributed by atoms with E-state index in [0.29, 0.717) is 6.42 Å². The number of esters is 1. The summed E-state index contributed by atoms with van der Waals surface area (Å²) in [7, 11) is 4.39. The van der Waals surface area contributed by atoms with Gasteiger partial charge in [-0.05, 0) is 62.3 Å². The minimum atomic E-state index is -1.47. The maximum absolute atomic E-state index is 14.6. The fourth-order valence-corrected chi connectivity index (χ4v) is 7.43. The molecule has 6 amide bonds. The Morgan fingerprint density at radius 3 is 1.79 bits per heavy atom. The van der Waals surface area contributed by atoms with Crippen LogP contribution in [0.15, 0.2) is 30.3 Å². The first-order valence-corrected chi connectivity index (χ1v) is 22.1. The SMILES string of the molecule is CCCC[C@@H](C)C[C@@H]1NC(=O)[C@@H](CCC#N)OC(=O)[C@H](C)N(C)C(=O)[C@H](CC)NC(=O)[C@H](Cc2ccccc2)N(C)C(=O)[C@H](CC(C)C)NC(=O)[C@H](CCC(C)C)N(C)C1=O. The van der Waals surface area contributed by atoms with Gasteiger partial charge in [-0.25, -0.2) is 4.79 Å². The number of hydrogen-bond acceptors (Lipinski definition) is 9. The number of nitriles is 1. The molecule has 0 saturated carbocycles. The first-order chi connectivity index (χ1) is 28.8. The minimum absolute atomic E-state index is 0.0185. The van der Waals surface area contributed by atoms with Crippen LogP contribution < -0.4 is 16.0 Å². The van der Waals surface area contributed by atoms with E-state index in [1.165, 1.54) is 37.9 Å². The van der Waals surface area contributed by atoms with E-state index >= 15 is 0 Å². The van der Waals surface area contributed by atoms with Crippen molar-refractivity contribution in [1.82, 2.24) is 30.7 Å². The van der Waals surface area contributed by atoms with Crippen molar-refractivity contribution in [3.05, 3.63) is 35.9 Å². The van der Waals surface area contributed by atoms with Gasteiger partial charge in [0.05, 0.1) is 6.07 Å². The molecule has 0 aliphatic carbocycles. The van der Waals surface area contributed by atoms with Crippen LogP contribution in [-0.2, 0) is 44.7 Å². The Morgan fingerprint density at radius 2 is 1.23 bits per heavy atom. The highest BCUT2D eigenvalue weighted by molar-refractivity contribution is 5.97. The number of amides is 6. The second kappa shape index (κ2) is 25.7. The van der Waals surface area contributed by atoms with Crippen LogP contribution in [0.25, 0.3) is 0 Å². The van der Waals surface area contributed by atoms with Gasteiger partial charge in [0, 0.05) is 40.4 Å². The Morgan fingerprint density at radius 1 is 0.689 bits per heavy atom. The van der Waals surface area contributed by atoms with Crippen molar-refractivity contribution in [3.8, 4) is 6.07 Å². The molecule has 0 unspecified atom stereocenters. The zero-order valence-corrected chi connectivity index (χ0v) is 38.5. The average molecular weight is 852 g/mol. The third-order valence-electron chi connectivity index (χ3n) is 11.5. The first kappa shape index (κ1) is 52.1. The predicted molar refractivity (Wildman–Crippen MR) is 233 cm³/mol. The first-order valence-electron chi connectivity index (χ1n) is 22.1. The summed E-state index contributed by atoms with van der Waals surface area (Å²) in [5.41, 5.74) is 0.756. The van der Waals surface area contributed by atoms with Crippen LogP contribution in [0.4, 0.5) is 0 Å². The van der Waals surface area contributed by atoms with Crippen molar-refractivity contribution in [1.29, 1.82) is 5.26 Å². The van der Waals surface area contributed by atoms with Gasteiger partial charge in [0.1, 0.15) is 36.3 Å². The molecular weight excluding hydrogens is 779 g/mol. The Labute approximate surface area is 364 Å². The number of hydrogen-bond donors (Lipinski definition) is 3. The molecule has 0 aromatic heterocycles. The molecule has 0 spiro atoms. The molecule has 15 heteroatoms. The monoisotopic (exact) mass is 852 g/mol. The van der Waals surface area contributed by atoms with Crippen LogP contribution >= 0.6 is 0 Å². The molecule has 1 aliphatic heterocycles. The second-order valence-corrected chi connectivity index (χ2v) is 17.5.